The Kier molecular flexibility index (Phi) is 4.91. The number of ether oxygens (including phenoxy) is 1. The first-order valence-electron chi connectivity index (χ1n) is 8.70. The van der Waals surface area contributed by atoms with Crippen LogP contribution in [0.5, 0.6) is 11.5 Å². The number of Topliss-reactive ketones (excluding diaryl/α,β-unsaturated/α-hetero) is 1. The Bertz CT molecular complexity index is 818. The molecule has 0 saturated carbocycles. The number of aryl methyl sites for hydroxylation is 1. The molecule has 0 spiro atoms. The maximum atomic E-state index is 12.7. The van der Waals surface area contributed by atoms with Crippen LogP contribution in [0.1, 0.15) is 40.9 Å². The number of ketones is 1. The van der Waals surface area contributed by atoms with E-state index in [1.165, 1.54) is 11.0 Å². The summed E-state index contributed by atoms with van der Waals surface area (Å²) in [4.78, 5) is 13.9. The predicted molar refractivity (Wildman–Crippen MR) is 95.8 cm³/mol. The van der Waals surface area contributed by atoms with Crippen molar-refractivity contribution in [2.75, 3.05) is 13.1 Å². The van der Waals surface area contributed by atoms with Crippen molar-refractivity contribution in [3.63, 3.8) is 0 Å². The van der Waals surface area contributed by atoms with Crippen molar-refractivity contribution in [2.24, 2.45) is 0 Å². The van der Waals surface area contributed by atoms with Crippen LogP contribution in [0.3, 0.4) is 0 Å². The molecule has 0 unspecified atom stereocenters. The predicted octanol–water partition coefficient (Wildman–Crippen LogP) is 2.11. The highest BCUT2D eigenvalue weighted by molar-refractivity contribution is 6.14. The first-order valence-corrected chi connectivity index (χ1v) is 8.70. The molecule has 0 aromatic heterocycles. The zero-order valence-electron chi connectivity index (χ0n) is 14.9. The van der Waals surface area contributed by atoms with Gasteiger partial charge >= 0.3 is 0 Å². The molecule has 130 valence electrons. The summed E-state index contributed by atoms with van der Waals surface area (Å²) in [5.41, 5.74) is 3.14. The van der Waals surface area contributed by atoms with Gasteiger partial charge in [0.05, 0.1) is 18.7 Å². The molecule has 4 nitrogen and oxygen atoms in total. The van der Waals surface area contributed by atoms with Crippen molar-refractivity contribution in [1.82, 2.24) is 0 Å². The molecule has 3 rings (SSSR count). The fraction of sp³-hybridized carbons (Fsp3) is 0.286. The van der Waals surface area contributed by atoms with Gasteiger partial charge in [0.1, 0.15) is 12.3 Å². The molecule has 0 fully saturated rings. The Morgan fingerprint density at radius 3 is 2.40 bits per heavy atom. The van der Waals surface area contributed by atoms with E-state index in [2.05, 4.69) is 13.8 Å². The minimum Gasteiger partial charge on any atom is -0.872 e. The first-order chi connectivity index (χ1) is 12.0. The van der Waals surface area contributed by atoms with Gasteiger partial charge in [-0.1, -0.05) is 41.6 Å². The van der Waals surface area contributed by atoms with Crippen molar-refractivity contribution in [1.29, 1.82) is 0 Å². The van der Waals surface area contributed by atoms with E-state index >= 15 is 0 Å². The van der Waals surface area contributed by atoms with E-state index in [4.69, 9.17) is 4.74 Å². The number of nitrogens with one attached hydrogen (secondary N) is 1. The van der Waals surface area contributed by atoms with Crippen molar-refractivity contribution >= 4 is 11.9 Å². The summed E-state index contributed by atoms with van der Waals surface area (Å²) in [7, 11) is 0. The van der Waals surface area contributed by atoms with Gasteiger partial charge in [-0.3, -0.25) is 4.79 Å². The van der Waals surface area contributed by atoms with Crippen molar-refractivity contribution < 1.29 is 19.5 Å². The summed E-state index contributed by atoms with van der Waals surface area (Å²) < 4.78 is 5.85. The zero-order valence-corrected chi connectivity index (χ0v) is 14.9. The van der Waals surface area contributed by atoms with E-state index < -0.39 is 0 Å². The van der Waals surface area contributed by atoms with Gasteiger partial charge in [0, 0.05) is 5.56 Å². The SMILES string of the molecule is CC[NH+](CC)Cc1c([O-])ccc2c1O/C(=C\c1ccc(C)cc1)C2=O. The number of hydrogen-bond donors (Lipinski definition) is 1. The van der Waals surface area contributed by atoms with Gasteiger partial charge in [-0.05, 0) is 38.5 Å². The molecule has 0 amide bonds. The molecule has 1 N–H and O–H groups in total. The second kappa shape index (κ2) is 7.11. The molecule has 0 radical (unpaired) electrons. The summed E-state index contributed by atoms with van der Waals surface area (Å²) in [5.74, 6) is 0.490. The van der Waals surface area contributed by atoms with Gasteiger partial charge in [0.15, 0.2) is 5.76 Å². The molecule has 0 bridgehead atoms. The Labute approximate surface area is 148 Å². The molecular formula is C21H23NO3. The number of quaternary nitrogens is 1. The van der Waals surface area contributed by atoms with E-state index in [1.54, 1.807) is 12.1 Å². The number of hydrogen-bond acceptors (Lipinski definition) is 3. The minimum atomic E-state index is -0.161. The molecule has 0 saturated heterocycles. The lowest BCUT2D eigenvalue weighted by atomic mass is 10.0. The molecule has 1 aliphatic heterocycles. The van der Waals surface area contributed by atoms with Crippen LogP contribution in [0.2, 0.25) is 0 Å². The normalized spacial score (nSPS) is 14.9. The van der Waals surface area contributed by atoms with E-state index in [0.29, 0.717) is 23.4 Å². The van der Waals surface area contributed by atoms with Crippen molar-refractivity contribution in [3.8, 4) is 11.5 Å². The molecule has 1 heterocycles. The van der Waals surface area contributed by atoms with Crippen LogP contribution in [-0.2, 0) is 6.54 Å². The Morgan fingerprint density at radius 2 is 1.76 bits per heavy atom. The number of carbonyl (C=O) groups excluding carboxylic acids is 1. The number of benzene rings is 2. The zero-order chi connectivity index (χ0) is 18.0. The monoisotopic (exact) mass is 337 g/mol. The summed E-state index contributed by atoms with van der Waals surface area (Å²) in [6.07, 6.45) is 1.74. The van der Waals surface area contributed by atoms with Crippen LogP contribution in [-0.4, -0.2) is 18.9 Å². The molecule has 2 aromatic rings. The maximum Gasteiger partial charge on any atom is 0.231 e. The Hall–Kier alpha value is -2.59. The molecule has 0 atom stereocenters. The first kappa shape index (κ1) is 17.2. The molecule has 2 aromatic carbocycles. The fourth-order valence-electron chi connectivity index (χ4n) is 3.02. The lowest BCUT2D eigenvalue weighted by Crippen LogP contribution is -3.10. The second-order valence-electron chi connectivity index (χ2n) is 6.40. The van der Waals surface area contributed by atoms with Crippen LogP contribution < -0.4 is 14.7 Å². The van der Waals surface area contributed by atoms with E-state index in [0.717, 1.165) is 24.2 Å². The van der Waals surface area contributed by atoms with E-state index in [-0.39, 0.29) is 17.3 Å². The molecule has 4 heteroatoms. The second-order valence-corrected chi connectivity index (χ2v) is 6.40. The lowest BCUT2D eigenvalue weighted by molar-refractivity contribution is -0.910. The standard InChI is InChI=1S/C21H23NO3/c1-4-22(5-2)13-17-18(23)11-10-16-20(24)19(25-21(16)17)12-15-8-6-14(3)7-9-15/h6-12,23H,4-5,13H2,1-3H3/b19-12-. The Morgan fingerprint density at radius 1 is 1.08 bits per heavy atom. The topological polar surface area (TPSA) is 53.8 Å². The number of rotatable bonds is 5. The lowest BCUT2D eigenvalue weighted by Gasteiger charge is -2.21. The maximum absolute atomic E-state index is 12.7. The third kappa shape index (κ3) is 3.44. The molecule has 1 aliphatic rings. The highest BCUT2D eigenvalue weighted by atomic mass is 16.5. The third-order valence-corrected chi connectivity index (χ3v) is 4.70. The van der Waals surface area contributed by atoms with E-state index in [1.807, 2.05) is 31.2 Å². The molecule has 0 aliphatic carbocycles. The van der Waals surface area contributed by atoms with Crippen molar-refractivity contribution in [2.45, 2.75) is 27.3 Å². The molecule has 25 heavy (non-hydrogen) atoms. The van der Waals surface area contributed by atoms with Crippen LogP contribution in [0.15, 0.2) is 42.2 Å². The average Bonchev–Trinajstić information content (AvgIpc) is 2.92. The smallest absolute Gasteiger partial charge is 0.231 e. The largest absolute Gasteiger partial charge is 0.872 e. The van der Waals surface area contributed by atoms with Gasteiger partial charge in [0.2, 0.25) is 5.78 Å². The van der Waals surface area contributed by atoms with Crippen LogP contribution >= 0.6 is 0 Å². The minimum absolute atomic E-state index is 0.0671. The number of fused-ring (bicyclic) bond motifs is 1. The van der Waals surface area contributed by atoms with Gasteiger partial charge in [-0.15, -0.1) is 0 Å². The highest BCUT2D eigenvalue weighted by Gasteiger charge is 2.30. The Balaban J connectivity index is 1.96. The third-order valence-electron chi connectivity index (χ3n) is 4.70. The van der Waals surface area contributed by atoms with Gasteiger partial charge in [-0.2, -0.15) is 0 Å². The average molecular weight is 337 g/mol. The highest BCUT2D eigenvalue weighted by Crippen LogP contribution is 2.38. The van der Waals surface area contributed by atoms with Crippen LogP contribution in [0.4, 0.5) is 0 Å². The van der Waals surface area contributed by atoms with Gasteiger partial charge < -0.3 is 14.7 Å². The summed E-state index contributed by atoms with van der Waals surface area (Å²) in [5, 5.41) is 12.3. The fourth-order valence-corrected chi connectivity index (χ4v) is 3.02. The molecular weight excluding hydrogens is 314 g/mol. The summed E-state index contributed by atoms with van der Waals surface area (Å²) in [6.45, 7) is 8.59. The van der Waals surface area contributed by atoms with Crippen LogP contribution in [0, 0.1) is 6.92 Å². The summed E-state index contributed by atoms with van der Waals surface area (Å²) in [6, 6.07) is 10.9. The van der Waals surface area contributed by atoms with Gasteiger partial charge in [0.25, 0.3) is 0 Å². The quantitative estimate of drug-likeness (QED) is 0.850. The van der Waals surface area contributed by atoms with Gasteiger partial charge in [-0.25, -0.2) is 0 Å². The number of allylic oxidation sites excluding steroid dienone is 1. The number of carbonyl (C=O) groups is 1. The van der Waals surface area contributed by atoms with Crippen molar-refractivity contribution in [3.05, 3.63) is 64.4 Å². The van der Waals surface area contributed by atoms with E-state index in [9.17, 15) is 9.90 Å². The summed E-state index contributed by atoms with van der Waals surface area (Å²) >= 11 is 0. The van der Waals surface area contributed by atoms with Crippen LogP contribution in [0.25, 0.3) is 6.08 Å².